The van der Waals surface area contributed by atoms with Gasteiger partial charge in [0.05, 0.1) is 0 Å². The zero-order chi connectivity index (χ0) is 20.9. The van der Waals surface area contributed by atoms with Crippen molar-refractivity contribution in [1.29, 1.82) is 0 Å². The Labute approximate surface area is 176 Å². The molecule has 2 aromatic carbocycles. The summed E-state index contributed by atoms with van der Waals surface area (Å²) in [6, 6.07) is 18.5. The minimum Gasteiger partial charge on any atom is -0.318 e. The lowest BCUT2D eigenvalue weighted by molar-refractivity contribution is -0.130. The number of rotatable bonds is 6. The molecule has 0 bridgehead atoms. The van der Waals surface area contributed by atoms with E-state index in [9.17, 15) is 14.4 Å². The van der Waals surface area contributed by atoms with Crippen LogP contribution in [0.1, 0.15) is 49.1 Å². The first kappa shape index (κ1) is 19.9. The SMILES string of the molecule is O=C(NC(c1ccccc1)N1CCCC1=O)NC(c1ccccc1)N1CCCC1=O. The molecule has 0 radical (unpaired) electrons. The summed E-state index contributed by atoms with van der Waals surface area (Å²) in [4.78, 5) is 41.2. The maximum Gasteiger partial charge on any atom is 0.318 e. The number of hydrogen-bond donors (Lipinski definition) is 2. The van der Waals surface area contributed by atoms with Crippen molar-refractivity contribution in [3.8, 4) is 0 Å². The molecule has 4 rings (SSSR count). The summed E-state index contributed by atoms with van der Waals surface area (Å²) in [5.74, 6) is 0.0527. The normalized spacial score (nSPS) is 18.4. The van der Waals surface area contributed by atoms with Gasteiger partial charge in [-0.05, 0) is 24.0 Å². The lowest BCUT2D eigenvalue weighted by Gasteiger charge is -2.32. The van der Waals surface area contributed by atoms with Crippen LogP contribution in [0.4, 0.5) is 4.79 Å². The van der Waals surface area contributed by atoms with E-state index in [1.54, 1.807) is 9.80 Å². The van der Waals surface area contributed by atoms with Gasteiger partial charge in [0.25, 0.3) is 0 Å². The van der Waals surface area contributed by atoms with Crippen LogP contribution in [-0.4, -0.2) is 40.7 Å². The highest BCUT2D eigenvalue weighted by atomic mass is 16.2. The van der Waals surface area contributed by atoms with Gasteiger partial charge in [0, 0.05) is 25.9 Å². The number of urea groups is 1. The fourth-order valence-corrected chi connectivity index (χ4v) is 4.13. The maximum absolute atomic E-state index is 13.0. The minimum absolute atomic E-state index is 0.0264. The van der Waals surface area contributed by atoms with Crippen LogP contribution in [0.3, 0.4) is 0 Å². The Morgan fingerprint density at radius 2 is 1.10 bits per heavy atom. The molecule has 2 aliphatic rings. The van der Waals surface area contributed by atoms with Crippen molar-refractivity contribution in [2.24, 2.45) is 0 Å². The van der Waals surface area contributed by atoms with Crippen LogP contribution >= 0.6 is 0 Å². The number of carbonyl (C=O) groups is 3. The Hall–Kier alpha value is -3.35. The lowest BCUT2D eigenvalue weighted by atomic mass is 10.1. The molecule has 2 aromatic rings. The molecule has 7 nitrogen and oxygen atoms in total. The smallest absolute Gasteiger partial charge is 0.318 e. The number of benzene rings is 2. The zero-order valence-corrected chi connectivity index (χ0v) is 16.8. The predicted octanol–water partition coefficient (Wildman–Crippen LogP) is 2.93. The highest BCUT2D eigenvalue weighted by Gasteiger charge is 2.33. The van der Waals surface area contributed by atoms with Gasteiger partial charge in [-0.3, -0.25) is 9.59 Å². The Morgan fingerprint density at radius 1 is 0.700 bits per heavy atom. The fraction of sp³-hybridized carbons (Fsp3) is 0.348. The fourth-order valence-electron chi connectivity index (χ4n) is 4.13. The third kappa shape index (κ3) is 4.30. The van der Waals surface area contributed by atoms with Crippen molar-refractivity contribution in [3.05, 3.63) is 71.8 Å². The van der Waals surface area contributed by atoms with Crippen LogP contribution in [0.25, 0.3) is 0 Å². The number of amides is 4. The highest BCUT2D eigenvalue weighted by molar-refractivity contribution is 5.82. The molecule has 2 unspecified atom stereocenters. The van der Waals surface area contributed by atoms with Gasteiger partial charge in [0.15, 0.2) is 0 Å². The van der Waals surface area contributed by atoms with Gasteiger partial charge >= 0.3 is 6.03 Å². The van der Waals surface area contributed by atoms with E-state index in [0.29, 0.717) is 25.9 Å². The second kappa shape index (κ2) is 8.98. The third-order valence-corrected chi connectivity index (χ3v) is 5.61. The summed E-state index contributed by atoms with van der Waals surface area (Å²) in [5, 5.41) is 5.92. The average molecular weight is 406 g/mol. The van der Waals surface area contributed by atoms with Gasteiger partial charge in [-0.25, -0.2) is 4.79 Å². The molecule has 2 aliphatic heterocycles. The molecule has 2 atom stereocenters. The van der Waals surface area contributed by atoms with Crippen molar-refractivity contribution >= 4 is 17.8 Å². The van der Waals surface area contributed by atoms with E-state index in [4.69, 9.17) is 0 Å². The molecule has 30 heavy (non-hydrogen) atoms. The number of nitrogens with one attached hydrogen (secondary N) is 2. The highest BCUT2D eigenvalue weighted by Crippen LogP contribution is 2.26. The van der Waals surface area contributed by atoms with Gasteiger partial charge in [-0.2, -0.15) is 0 Å². The Morgan fingerprint density at radius 3 is 1.43 bits per heavy atom. The molecule has 156 valence electrons. The van der Waals surface area contributed by atoms with E-state index in [1.807, 2.05) is 60.7 Å². The van der Waals surface area contributed by atoms with E-state index >= 15 is 0 Å². The van der Waals surface area contributed by atoms with Crippen LogP contribution in [-0.2, 0) is 9.59 Å². The molecule has 0 aromatic heterocycles. The molecular weight excluding hydrogens is 380 g/mol. The topological polar surface area (TPSA) is 81.8 Å². The van der Waals surface area contributed by atoms with Gasteiger partial charge < -0.3 is 20.4 Å². The number of nitrogens with zero attached hydrogens (tertiary/aromatic N) is 2. The standard InChI is InChI=1S/C23H26N4O3/c28-19-13-7-15-26(19)21(17-9-3-1-4-10-17)24-23(30)25-22(18-11-5-2-6-12-18)27-16-8-14-20(27)29/h1-6,9-12,21-22H,7-8,13-16H2,(H2,24,25,30). The summed E-state index contributed by atoms with van der Waals surface area (Å²) in [6.45, 7) is 1.21. The van der Waals surface area contributed by atoms with Crippen molar-refractivity contribution in [1.82, 2.24) is 20.4 Å². The quantitative estimate of drug-likeness (QED) is 0.774. The van der Waals surface area contributed by atoms with Crippen LogP contribution < -0.4 is 10.6 Å². The molecule has 0 saturated carbocycles. The summed E-state index contributed by atoms with van der Waals surface area (Å²) >= 11 is 0. The number of hydrogen-bond acceptors (Lipinski definition) is 3. The van der Waals surface area contributed by atoms with Crippen molar-refractivity contribution < 1.29 is 14.4 Å². The van der Waals surface area contributed by atoms with E-state index in [1.165, 1.54) is 0 Å². The molecule has 0 spiro atoms. The number of carbonyl (C=O) groups excluding carboxylic acids is 3. The predicted molar refractivity (Wildman–Crippen MR) is 112 cm³/mol. The molecule has 7 heteroatoms. The van der Waals surface area contributed by atoms with Crippen LogP contribution in [0.5, 0.6) is 0 Å². The molecule has 0 aliphatic carbocycles. The van der Waals surface area contributed by atoms with Crippen LogP contribution in [0.15, 0.2) is 60.7 Å². The Bertz CT molecular complexity index is 830. The molecule has 4 amide bonds. The van der Waals surface area contributed by atoms with Crippen LogP contribution in [0, 0.1) is 0 Å². The molecular formula is C23H26N4O3. The zero-order valence-electron chi connectivity index (χ0n) is 16.8. The largest absolute Gasteiger partial charge is 0.318 e. The first-order valence-electron chi connectivity index (χ1n) is 10.4. The van der Waals surface area contributed by atoms with Crippen molar-refractivity contribution in [3.63, 3.8) is 0 Å². The first-order valence-corrected chi connectivity index (χ1v) is 10.4. The second-order valence-corrected chi connectivity index (χ2v) is 7.63. The molecule has 2 N–H and O–H groups in total. The summed E-state index contributed by atoms with van der Waals surface area (Å²) < 4.78 is 0. The first-order chi connectivity index (χ1) is 14.6. The van der Waals surface area contributed by atoms with Crippen molar-refractivity contribution in [2.75, 3.05) is 13.1 Å². The second-order valence-electron chi connectivity index (χ2n) is 7.63. The van der Waals surface area contributed by atoms with Gasteiger partial charge in [-0.15, -0.1) is 0 Å². The van der Waals surface area contributed by atoms with Crippen molar-refractivity contribution in [2.45, 2.75) is 38.0 Å². The monoisotopic (exact) mass is 406 g/mol. The molecule has 2 heterocycles. The third-order valence-electron chi connectivity index (χ3n) is 5.61. The van der Waals surface area contributed by atoms with E-state index in [2.05, 4.69) is 10.6 Å². The molecule has 2 fully saturated rings. The maximum atomic E-state index is 13.0. The van der Waals surface area contributed by atoms with Crippen LogP contribution in [0.2, 0.25) is 0 Å². The summed E-state index contributed by atoms with van der Waals surface area (Å²) in [7, 11) is 0. The number of likely N-dealkylation sites (tertiary alicyclic amines) is 2. The Balaban J connectivity index is 1.55. The lowest BCUT2D eigenvalue weighted by Crippen LogP contribution is -2.50. The molecule has 2 saturated heterocycles. The Kier molecular flexibility index (Phi) is 5.97. The van der Waals surface area contributed by atoms with Gasteiger partial charge in [-0.1, -0.05) is 60.7 Å². The van der Waals surface area contributed by atoms with E-state index < -0.39 is 18.4 Å². The van der Waals surface area contributed by atoms with E-state index in [0.717, 1.165) is 24.0 Å². The minimum atomic E-state index is -0.549. The van der Waals surface area contributed by atoms with E-state index in [-0.39, 0.29) is 11.8 Å². The average Bonchev–Trinajstić information content (AvgIpc) is 3.39. The summed E-state index contributed by atoms with van der Waals surface area (Å²) in [5.41, 5.74) is 1.69. The summed E-state index contributed by atoms with van der Waals surface area (Å²) in [6.07, 6.45) is 1.43. The van der Waals surface area contributed by atoms with Gasteiger partial charge in [0.1, 0.15) is 12.3 Å². The van der Waals surface area contributed by atoms with Gasteiger partial charge in [0.2, 0.25) is 11.8 Å².